The van der Waals surface area contributed by atoms with E-state index < -0.39 is 11.6 Å². The molecule has 0 aromatic heterocycles. The lowest BCUT2D eigenvalue weighted by Crippen LogP contribution is -2.22. The average Bonchev–Trinajstić information content (AvgIpc) is 2.13. The van der Waals surface area contributed by atoms with Crippen LogP contribution in [0.15, 0.2) is 18.2 Å². The quantitative estimate of drug-likeness (QED) is 0.759. The van der Waals surface area contributed by atoms with Crippen molar-refractivity contribution in [2.45, 2.75) is 25.8 Å². The Balaban J connectivity index is 2.66. The minimum atomic E-state index is -0.571. The fourth-order valence-electron chi connectivity index (χ4n) is 1.34. The van der Waals surface area contributed by atoms with E-state index in [4.69, 9.17) is 5.73 Å². The lowest BCUT2D eigenvalue weighted by Gasteiger charge is -2.08. The van der Waals surface area contributed by atoms with Gasteiger partial charge >= 0.3 is 0 Å². The largest absolute Gasteiger partial charge is 0.327 e. The third kappa shape index (κ3) is 4.09. The molecule has 0 bridgehead atoms. The van der Waals surface area contributed by atoms with E-state index in [0.29, 0.717) is 18.4 Å². The summed E-state index contributed by atoms with van der Waals surface area (Å²) in [6.07, 6.45) is 0.970. The fraction of sp³-hybridized carbons (Fsp3) is 0.333. The number of benzene rings is 1. The van der Waals surface area contributed by atoms with E-state index in [0.717, 1.165) is 6.07 Å². The van der Waals surface area contributed by atoms with Crippen LogP contribution < -0.4 is 5.73 Å². The van der Waals surface area contributed by atoms with Crippen molar-refractivity contribution in [2.24, 2.45) is 5.73 Å². The summed E-state index contributed by atoms with van der Waals surface area (Å²) in [6, 6.07) is 3.25. The van der Waals surface area contributed by atoms with Crippen LogP contribution in [-0.2, 0) is 6.42 Å². The minimum absolute atomic E-state index is 0.182. The van der Waals surface area contributed by atoms with E-state index in [1.54, 1.807) is 6.92 Å². The first-order valence-corrected chi connectivity index (χ1v) is 4.72. The van der Waals surface area contributed by atoms with Crippen LogP contribution in [0.3, 0.4) is 0 Å². The van der Waals surface area contributed by atoms with Gasteiger partial charge < -0.3 is 5.73 Å². The Hall–Kier alpha value is -1.40. The van der Waals surface area contributed by atoms with Crippen molar-refractivity contribution < 1.29 is 8.78 Å². The summed E-state index contributed by atoms with van der Waals surface area (Å²) >= 11 is 0. The lowest BCUT2D eigenvalue weighted by atomic mass is 10.0. The highest BCUT2D eigenvalue weighted by atomic mass is 19.1. The van der Waals surface area contributed by atoms with Gasteiger partial charge in [-0.1, -0.05) is 0 Å². The molecule has 0 spiro atoms. The number of hydrogen-bond donors (Lipinski definition) is 1. The topological polar surface area (TPSA) is 26.0 Å². The fourth-order valence-corrected chi connectivity index (χ4v) is 1.34. The van der Waals surface area contributed by atoms with Gasteiger partial charge in [0.15, 0.2) is 0 Å². The molecule has 2 N–H and O–H groups in total. The monoisotopic (exact) mass is 209 g/mol. The molecular formula is C12H13F2N. The van der Waals surface area contributed by atoms with Crippen LogP contribution in [0.2, 0.25) is 0 Å². The average molecular weight is 209 g/mol. The molecule has 1 aromatic carbocycles. The number of hydrogen-bond acceptors (Lipinski definition) is 1. The maximum absolute atomic E-state index is 12.8. The van der Waals surface area contributed by atoms with Gasteiger partial charge in [-0.15, -0.1) is 11.8 Å². The molecule has 80 valence electrons. The van der Waals surface area contributed by atoms with Gasteiger partial charge in [0.05, 0.1) is 0 Å². The highest BCUT2D eigenvalue weighted by Crippen LogP contribution is 2.10. The van der Waals surface area contributed by atoms with Crippen LogP contribution in [0.25, 0.3) is 0 Å². The molecule has 0 fully saturated rings. The van der Waals surface area contributed by atoms with Gasteiger partial charge in [0, 0.05) is 18.5 Å². The summed E-state index contributed by atoms with van der Waals surface area (Å²) in [5.74, 6) is 4.42. The predicted molar refractivity (Wildman–Crippen MR) is 56.1 cm³/mol. The first-order valence-electron chi connectivity index (χ1n) is 4.72. The van der Waals surface area contributed by atoms with Gasteiger partial charge in [0.25, 0.3) is 0 Å². The number of rotatable bonds is 3. The summed E-state index contributed by atoms with van der Waals surface area (Å²) in [7, 11) is 0. The smallest absolute Gasteiger partial charge is 0.126 e. The Labute approximate surface area is 88.3 Å². The molecule has 0 aliphatic rings. The maximum Gasteiger partial charge on any atom is 0.126 e. The second kappa shape index (κ2) is 5.47. The van der Waals surface area contributed by atoms with Crippen molar-refractivity contribution in [3.8, 4) is 11.8 Å². The lowest BCUT2D eigenvalue weighted by molar-refractivity contribution is 0.575. The molecule has 0 saturated carbocycles. The summed E-state index contributed by atoms with van der Waals surface area (Å²) in [6.45, 7) is 1.73. The van der Waals surface area contributed by atoms with Crippen LogP contribution in [0, 0.1) is 23.5 Å². The van der Waals surface area contributed by atoms with E-state index in [9.17, 15) is 8.78 Å². The Morgan fingerprint density at radius 2 is 1.87 bits per heavy atom. The second-order valence-electron chi connectivity index (χ2n) is 3.37. The molecule has 1 atom stereocenters. The summed E-state index contributed by atoms with van der Waals surface area (Å²) < 4.78 is 25.6. The predicted octanol–water partition coefficient (Wildman–Crippen LogP) is 2.25. The first-order chi connectivity index (χ1) is 7.11. The molecule has 1 unspecified atom stereocenters. The normalized spacial score (nSPS) is 11.7. The van der Waals surface area contributed by atoms with Crippen molar-refractivity contribution in [1.82, 2.24) is 0 Å². The first kappa shape index (κ1) is 11.7. The molecule has 0 radical (unpaired) electrons. The van der Waals surface area contributed by atoms with Gasteiger partial charge in [0.2, 0.25) is 0 Å². The van der Waals surface area contributed by atoms with E-state index >= 15 is 0 Å². The van der Waals surface area contributed by atoms with Crippen LogP contribution in [0.4, 0.5) is 8.78 Å². The molecule has 0 saturated heterocycles. The molecule has 1 aromatic rings. The molecule has 1 rings (SSSR count). The van der Waals surface area contributed by atoms with Crippen molar-refractivity contribution >= 4 is 0 Å². The van der Waals surface area contributed by atoms with Crippen molar-refractivity contribution in [3.63, 3.8) is 0 Å². The molecule has 0 heterocycles. The van der Waals surface area contributed by atoms with Crippen molar-refractivity contribution in [2.75, 3.05) is 0 Å². The van der Waals surface area contributed by atoms with E-state index in [1.165, 1.54) is 12.1 Å². The van der Waals surface area contributed by atoms with E-state index in [-0.39, 0.29) is 6.04 Å². The molecule has 3 heteroatoms. The molecule has 0 aliphatic carbocycles. The molecule has 0 amide bonds. The zero-order chi connectivity index (χ0) is 11.3. The van der Waals surface area contributed by atoms with Crippen LogP contribution in [0.1, 0.15) is 18.9 Å². The number of halogens is 2. The highest BCUT2D eigenvalue weighted by Gasteiger charge is 2.05. The molecule has 0 aliphatic heterocycles. The van der Waals surface area contributed by atoms with Crippen LogP contribution in [0.5, 0.6) is 0 Å². The second-order valence-corrected chi connectivity index (χ2v) is 3.37. The summed E-state index contributed by atoms with van der Waals surface area (Å²) in [4.78, 5) is 0. The summed E-state index contributed by atoms with van der Waals surface area (Å²) in [5, 5.41) is 0. The molecule has 15 heavy (non-hydrogen) atoms. The van der Waals surface area contributed by atoms with Gasteiger partial charge in [0.1, 0.15) is 11.6 Å². The summed E-state index contributed by atoms with van der Waals surface area (Å²) in [5.41, 5.74) is 6.31. The number of nitrogens with two attached hydrogens (primary N) is 1. The third-order valence-electron chi connectivity index (χ3n) is 1.96. The zero-order valence-corrected chi connectivity index (χ0v) is 8.56. The van der Waals surface area contributed by atoms with Crippen LogP contribution in [-0.4, -0.2) is 6.04 Å². The Morgan fingerprint density at radius 1 is 1.27 bits per heavy atom. The van der Waals surface area contributed by atoms with E-state index in [2.05, 4.69) is 11.8 Å². The Bertz CT molecular complexity index is 370. The van der Waals surface area contributed by atoms with Crippen molar-refractivity contribution in [3.05, 3.63) is 35.4 Å². The third-order valence-corrected chi connectivity index (χ3v) is 1.96. The Kier molecular flexibility index (Phi) is 4.26. The minimum Gasteiger partial charge on any atom is -0.327 e. The SMILES string of the molecule is CC#CCC(N)Cc1cc(F)cc(F)c1. The van der Waals surface area contributed by atoms with Gasteiger partial charge in [-0.05, 0) is 31.0 Å². The molecule has 1 nitrogen and oxygen atoms in total. The van der Waals surface area contributed by atoms with Crippen molar-refractivity contribution in [1.29, 1.82) is 0 Å². The van der Waals surface area contributed by atoms with Crippen LogP contribution >= 0.6 is 0 Å². The molecular weight excluding hydrogens is 196 g/mol. The van der Waals surface area contributed by atoms with Gasteiger partial charge in [-0.25, -0.2) is 8.78 Å². The van der Waals surface area contributed by atoms with E-state index in [1.807, 2.05) is 0 Å². The van der Waals surface area contributed by atoms with Gasteiger partial charge in [-0.3, -0.25) is 0 Å². The highest BCUT2D eigenvalue weighted by molar-refractivity contribution is 5.19. The Morgan fingerprint density at radius 3 is 2.40 bits per heavy atom. The zero-order valence-electron chi connectivity index (χ0n) is 8.56. The standard InChI is InChI=1S/C12H13F2N/c1-2-3-4-12(15)7-9-5-10(13)8-11(14)6-9/h5-6,8,12H,4,7,15H2,1H3. The van der Waals surface area contributed by atoms with Gasteiger partial charge in [-0.2, -0.15) is 0 Å². The maximum atomic E-state index is 12.8.